The molecule has 1 saturated heterocycles. The van der Waals surface area contributed by atoms with Crippen LogP contribution >= 0.6 is 0 Å². The lowest BCUT2D eigenvalue weighted by Gasteiger charge is -2.43. The number of imidazole rings is 1. The molecule has 1 aliphatic heterocycles. The maximum Gasteiger partial charge on any atom is 0.232 e. The average molecular weight is 564 g/mol. The Kier molecular flexibility index (Phi) is 7.03. The van der Waals surface area contributed by atoms with Crippen molar-refractivity contribution in [2.45, 2.75) is 31.7 Å². The second kappa shape index (κ2) is 10.7. The quantitative estimate of drug-likeness (QED) is 0.282. The predicted octanol–water partition coefficient (Wildman–Crippen LogP) is 5.47. The number of aromatic amines is 1. The molecule has 0 radical (unpaired) electrons. The van der Waals surface area contributed by atoms with Crippen molar-refractivity contribution in [3.05, 3.63) is 65.7 Å². The average Bonchev–Trinajstić information content (AvgIpc) is 3.39. The summed E-state index contributed by atoms with van der Waals surface area (Å²) in [5.41, 5.74) is 5.11. The number of benzene rings is 3. The molecule has 0 saturated carbocycles. The molecule has 2 aromatic heterocycles. The molecule has 1 aliphatic rings. The fraction of sp³-hybridized carbons (Fsp3) is 0.333. The van der Waals surface area contributed by atoms with Crippen LogP contribution in [0.25, 0.3) is 43.8 Å². The number of carbonyl (C=O) groups excluding carboxylic acids is 1. The molecule has 0 aliphatic carbocycles. The summed E-state index contributed by atoms with van der Waals surface area (Å²) in [5, 5.41) is 12.1. The summed E-state index contributed by atoms with van der Waals surface area (Å²) < 4.78 is 14.4. The highest BCUT2D eigenvalue weighted by Gasteiger charge is 2.32. The molecule has 0 spiro atoms. The van der Waals surface area contributed by atoms with Crippen LogP contribution in [0, 0.1) is 17.1 Å². The smallest absolute Gasteiger partial charge is 0.232 e. The molecular formula is C33H34FN7O. The number of nitrogens with one attached hydrogen (secondary N) is 1. The van der Waals surface area contributed by atoms with Crippen LogP contribution in [0.3, 0.4) is 0 Å². The van der Waals surface area contributed by atoms with Crippen LogP contribution in [0.2, 0.25) is 0 Å². The summed E-state index contributed by atoms with van der Waals surface area (Å²) in [6, 6.07) is 17.6. The maximum absolute atomic E-state index is 14.4. The van der Waals surface area contributed by atoms with Gasteiger partial charge in [0.05, 0.1) is 17.5 Å². The number of hydrogen-bond donors (Lipinski definition) is 1. The van der Waals surface area contributed by atoms with E-state index in [0.29, 0.717) is 24.7 Å². The number of carbonyl (C=O) groups is 1. The van der Waals surface area contributed by atoms with Crippen molar-refractivity contribution in [2.75, 3.05) is 46.2 Å². The van der Waals surface area contributed by atoms with Gasteiger partial charge in [-0.25, -0.2) is 14.4 Å². The number of nitrogens with zero attached hydrogens (tertiary/aromatic N) is 6. The summed E-state index contributed by atoms with van der Waals surface area (Å²) in [4.78, 5) is 32.5. The summed E-state index contributed by atoms with van der Waals surface area (Å²) in [6.45, 7) is 3.52. The van der Waals surface area contributed by atoms with Crippen LogP contribution in [-0.2, 0) is 11.2 Å². The Balaban J connectivity index is 1.61. The largest absolute Gasteiger partial charge is 0.352 e. The number of nitriles is 1. The topological polar surface area (TPSA) is 92.2 Å². The molecular weight excluding hydrogens is 529 g/mol. The summed E-state index contributed by atoms with van der Waals surface area (Å²) in [6.07, 6.45) is 0.867. The zero-order valence-electron chi connectivity index (χ0n) is 24.6. The van der Waals surface area contributed by atoms with Crippen molar-refractivity contribution in [1.29, 1.82) is 5.26 Å². The van der Waals surface area contributed by atoms with E-state index in [-0.39, 0.29) is 11.7 Å². The number of halogens is 1. The van der Waals surface area contributed by atoms with Crippen molar-refractivity contribution in [2.24, 2.45) is 0 Å². The first kappa shape index (κ1) is 27.6. The highest BCUT2D eigenvalue weighted by Crippen LogP contribution is 2.39. The number of amides is 1. The third-order valence-corrected chi connectivity index (χ3v) is 8.40. The fourth-order valence-corrected chi connectivity index (χ4v) is 5.85. The van der Waals surface area contributed by atoms with Gasteiger partial charge in [0.15, 0.2) is 5.82 Å². The van der Waals surface area contributed by atoms with Gasteiger partial charge in [-0.15, -0.1) is 0 Å². The van der Waals surface area contributed by atoms with E-state index in [0.717, 1.165) is 68.3 Å². The SMILES string of the molecule is CC(C(=O)N(C)C)c1nc2c([nH]1)c(N1CC(N(C)C)C1)nc1cc(-c3cccc4ccc(F)cc34)c(CCC#N)cc12. The Morgan fingerprint density at radius 2 is 1.88 bits per heavy atom. The summed E-state index contributed by atoms with van der Waals surface area (Å²) >= 11 is 0. The minimum absolute atomic E-state index is 0.0373. The molecule has 3 aromatic carbocycles. The Labute approximate surface area is 244 Å². The van der Waals surface area contributed by atoms with E-state index >= 15 is 0 Å². The number of likely N-dealkylation sites (N-methyl/N-ethyl adjacent to an activating group) is 2. The van der Waals surface area contributed by atoms with E-state index in [1.807, 2.05) is 25.1 Å². The van der Waals surface area contributed by atoms with E-state index in [9.17, 15) is 14.4 Å². The number of H-pyrrole nitrogens is 1. The third kappa shape index (κ3) is 4.72. The van der Waals surface area contributed by atoms with Crippen molar-refractivity contribution in [3.8, 4) is 17.2 Å². The molecule has 6 rings (SSSR count). The van der Waals surface area contributed by atoms with Gasteiger partial charge in [-0.1, -0.05) is 24.3 Å². The first-order valence-electron chi connectivity index (χ1n) is 14.2. The number of rotatable bonds is 7. The van der Waals surface area contributed by atoms with Crippen LogP contribution in [0.15, 0.2) is 48.5 Å². The number of aryl methyl sites for hydroxylation is 1. The number of anilines is 1. The Hall–Kier alpha value is -4.55. The first-order chi connectivity index (χ1) is 20.2. The zero-order chi connectivity index (χ0) is 29.7. The minimum atomic E-state index is -0.455. The zero-order valence-corrected chi connectivity index (χ0v) is 24.6. The van der Waals surface area contributed by atoms with E-state index in [2.05, 4.69) is 47.1 Å². The Bertz CT molecular complexity index is 1880. The minimum Gasteiger partial charge on any atom is -0.352 e. The highest BCUT2D eigenvalue weighted by molar-refractivity contribution is 6.09. The van der Waals surface area contributed by atoms with E-state index < -0.39 is 5.92 Å². The van der Waals surface area contributed by atoms with Gasteiger partial charge in [-0.3, -0.25) is 4.79 Å². The predicted molar refractivity (Wildman–Crippen MR) is 165 cm³/mol. The van der Waals surface area contributed by atoms with Gasteiger partial charge in [-0.05, 0) is 79.2 Å². The molecule has 5 aromatic rings. The first-order valence-corrected chi connectivity index (χ1v) is 14.2. The molecule has 1 atom stereocenters. The van der Waals surface area contributed by atoms with Crippen molar-refractivity contribution in [1.82, 2.24) is 24.8 Å². The monoisotopic (exact) mass is 563 g/mol. The molecule has 1 fully saturated rings. The maximum atomic E-state index is 14.4. The lowest BCUT2D eigenvalue weighted by molar-refractivity contribution is -0.130. The highest BCUT2D eigenvalue weighted by atomic mass is 19.1. The molecule has 0 bridgehead atoms. The second-order valence-electron chi connectivity index (χ2n) is 11.6. The van der Waals surface area contributed by atoms with Gasteiger partial charge in [0.25, 0.3) is 0 Å². The van der Waals surface area contributed by atoms with Crippen LogP contribution < -0.4 is 4.90 Å². The number of aromatic nitrogens is 3. The van der Waals surface area contributed by atoms with Gasteiger partial charge in [0.1, 0.15) is 22.7 Å². The normalized spacial score (nSPS) is 14.5. The van der Waals surface area contributed by atoms with Crippen molar-refractivity contribution >= 4 is 44.4 Å². The fourth-order valence-electron chi connectivity index (χ4n) is 5.85. The molecule has 214 valence electrons. The third-order valence-electron chi connectivity index (χ3n) is 8.40. The number of fused-ring (bicyclic) bond motifs is 4. The van der Waals surface area contributed by atoms with Crippen LogP contribution in [-0.4, -0.2) is 78.0 Å². The van der Waals surface area contributed by atoms with Gasteiger partial charge in [-0.2, -0.15) is 5.26 Å². The lowest BCUT2D eigenvalue weighted by Crippen LogP contribution is -2.57. The van der Waals surface area contributed by atoms with E-state index in [1.54, 1.807) is 31.1 Å². The summed E-state index contributed by atoms with van der Waals surface area (Å²) in [7, 11) is 7.65. The Morgan fingerprint density at radius 3 is 2.60 bits per heavy atom. The van der Waals surface area contributed by atoms with Crippen LogP contribution in [0.4, 0.5) is 10.2 Å². The van der Waals surface area contributed by atoms with Gasteiger partial charge >= 0.3 is 0 Å². The van der Waals surface area contributed by atoms with E-state index in [1.165, 1.54) is 6.07 Å². The molecule has 1 N–H and O–H groups in total. The van der Waals surface area contributed by atoms with Gasteiger partial charge in [0.2, 0.25) is 5.91 Å². The molecule has 9 heteroatoms. The van der Waals surface area contributed by atoms with Crippen LogP contribution in [0.1, 0.15) is 30.7 Å². The molecule has 42 heavy (non-hydrogen) atoms. The Morgan fingerprint density at radius 1 is 1.10 bits per heavy atom. The molecule has 1 unspecified atom stereocenters. The molecule has 8 nitrogen and oxygen atoms in total. The lowest BCUT2D eigenvalue weighted by atomic mass is 9.91. The van der Waals surface area contributed by atoms with Crippen molar-refractivity contribution < 1.29 is 9.18 Å². The van der Waals surface area contributed by atoms with Crippen LogP contribution in [0.5, 0.6) is 0 Å². The molecule has 1 amide bonds. The summed E-state index contributed by atoms with van der Waals surface area (Å²) in [5.74, 6) is 0.610. The van der Waals surface area contributed by atoms with Gasteiger partial charge < -0.3 is 19.7 Å². The standard InChI is InChI=1S/C33H34FN7O/c1-19(33(42)40(4)5)31-37-29-27-14-21(9-7-13-35)26(24-10-6-8-20-11-12-22(34)15-25(20)24)16-28(27)36-32(30(29)38-31)41-17-23(18-41)39(2)3/h6,8,10-12,14-16,19,23H,7,9,17-18H2,1-5H3,(H,37,38). The number of pyridine rings is 1. The van der Waals surface area contributed by atoms with Crippen molar-refractivity contribution in [3.63, 3.8) is 0 Å². The second-order valence-corrected chi connectivity index (χ2v) is 11.6. The van der Waals surface area contributed by atoms with Gasteiger partial charge in [0, 0.05) is 45.0 Å². The molecule has 3 heterocycles. The number of hydrogen-bond acceptors (Lipinski definition) is 6. The van der Waals surface area contributed by atoms with E-state index in [4.69, 9.17) is 9.97 Å².